The fourth-order valence-corrected chi connectivity index (χ4v) is 3.60. The van der Waals surface area contributed by atoms with Crippen LogP contribution in [0.4, 0.5) is 0 Å². The average molecular weight is 264 g/mol. The van der Waals surface area contributed by atoms with E-state index in [1.807, 2.05) is 6.92 Å². The Balaban J connectivity index is 4.73. The van der Waals surface area contributed by atoms with Crippen LogP contribution < -0.4 is 5.73 Å². The molecule has 0 rings (SSSR count). The SMILES string of the molecule is CCCCN(CCCC)S(=O)(=O)C(CC)CN. The van der Waals surface area contributed by atoms with E-state index < -0.39 is 15.3 Å². The average Bonchev–Trinajstić information content (AvgIpc) is 2.30. The highest BCUT2D eigenvalue weighted by Crippen LogP contribution is 2.14. The summed E-state index contributed by atoms with van der Waals surface area (Å²) in [4.78, 5) is 0. The van der Waals surface area contributed by atoms with Gasteiger partial charge < -0.3 is 5.73 Å². The Bertz CT molecular complexity index is 266. The van der Waals surface area contributed by atoms with E-state index in [0.29, 0.717) is 19.5 Å². The molecule has 0 aromatic heterocycles. The lowest BCUT2D eigenvalue weighted by Crippen LogP contribution is -2.42. The van der Waals surface area contributed by atoms with Gasteiger partial charge in [0, 0.05) is 19.6 Å². The molecule has 0 aliphatic heterocycles. The number of nitrogens with zero attached hydrogens (tertiary/aromatic N) is 1. The van der Waals surface area contributed by atoms with Gasteiger partial charge in [-0.3, -0.25) is 0 Å². The lowest BCUT2D eigenvalue weighted by atomic mass is 10.3. The van der Waals surface area contributed by atoms with E-state index in [1.54, 1.807) is 4.31 Å². The van der Waals surface area contributed by atoms with Gasteiger partial charge >= 0.3 is 0 Å². The highest BCUT2D eigenvalue weighted by molar-refractivity contribution is 7.89. The lowest BCUT2D eigenvalue weighted by Gasteiger charge is -2.26. The summed E-state index contributed by atoms with van der Waals surface area (Å²) < 4.78 is 26.3. The molecule has 0 heterocycles. The topological polar surface area (TPSA) is 63.4 Å². The first-order valence-electron chi connectivity index (χ1n) is 6.73. The van der Waals surface area contributed by atoms with Crippen LogP contribution in [0, 0.1) is 0 Å². The smallest absolute Gasteiger partial charge is 0.218 e. The molecule has 0 bridgehead atoms. The maximum absolute atomic E-state index is 12.4. The molecule has 104 valence electrons. The van der Waals surface area contributed by atoms with Crippen molar-refractivity contribution < 1.29 is 8.42 Å². The van der Waals surface area contributed by atoms with E-state index in [1.165, 1.54) is 0 Å². The van der Waals surface area contributed by atoms with Crippen molar-refractivity contribution in [1.29, 1.82) is 0 Å². The highest BCUT2D eigenvalue weighted by Gasteiger charge is 2.28. The van der Waals surface area contributed by atoms with Crippen LogP contribution in [0.15, 0.2) is 0 Å². The van der Waals surface area contributed by atoms with E-state index in [-0.39, 0.29) is 6.54 Å². The summed E-state index contributed by atoms with van der Waals surface area (Å²) in [5.41, 5.74) is 5.56. The third-order valence-corrected chi connectivity index (χ3v) is 5.47. The maximum Gasteiger partial charge on any atom is 0.218 e. The molecule has 0 radical (unpaired) electrons. The van der Waals surface area contributed by atoms with E-state index in [2.05, 4.69) is 13.8 Å². The normalized spacial score (nSPS) is 14.2. The van der Waals surface area contributed by atoms with Crippen LogP contribution in [-0.4, -0.2) is 37.6 Å². The van der Waals surface area contributed by atoms with Crippen molar-refractivity contribution in [3.05, 3.63) is 0 Å². The lowest BCUT2D eigenvalue weighted by molar-refractivity contribution is 0.388. The van der Waals surface area contributed by atoms with Gasteiger partial charge in [0.1, 0.15) is 0 Å². The number of unbranched alkanes of at least 4 members (excludes halogenated alkanes) is 2. The Morgan fingerprint density at radius 1 is 1.06 bits per heavy atom. The fourth-order valence-electron chi connectivity index (χ4n) is 1.74. The second-order valence-corrected chi connectivity index (χ2v) is 6.63. The molecule has 1 unspecified atom stereocenters. The van der Waals surface area contributed by atoms with Crippen LogP contribution in [0.1, 0.15) is 52.9 Å². The van der Waals surface area contributed by atoms with Crippen LogP contribution in [0.2, 0.25) is 0 Å². The molecule has 0 fully saturated rings. The van der Waals surface area contributed by atoms with E-state index in [0.717, 1.165) is 25.7 Å². The third-order valence-electron chi connectivity index (χ3n) is 3.02. The molecule has 0 saturated heterocycles. The van der Waals surface area contributed by atoms with Crippen molar-refractivity contribution in [2.75, 3.05) is 19.6 Å². The summed E-state index contributed by atoms with van der Waals surface area (Å²) in [6.07, 6.45) is 4.45. The summed E-state index contributed by atoms with van der Waals surface area (Å²) >= 11 is 0. The van der Waals surface area contributed by atoms with Crippen molar-refractivity contribution in [3.63, 3.8) is 0 Å². The van der Waals surface area contributed by atoms with Gasteiger partial charge in [0.2, 0.25) is 10.0 Å². The fraction of sp³-hybridized carbons (Fsp3) is 1.00. The maximum atomic E-state index is 12.4. The zero-order valence-electron chi connectivity index (χ0n) is 11.5. The number of rotatable bonds is 10. The summed E-state index contributed by atoms with van der Waals surface area (Å²) in [6.45, 7) is 7.51. The second-order valence-electron chi connectivity index (χ2n) is 4.42. The third kappa shape index (κ3) is 5.36. The number of sulfonamides is 1. The largest absolute Gasteiger partial charge is 0.329 e. The Labute approximate surface area is 107 Å². The first kappa shape index (κ1) is 16.9. The van der Waals surface area contributed by atoms with Gasteiger partial charge in [0.15, 0.2) is 0 Å². The Morgan fingerprint density at radius 3 is 1.82 bits per heavy atom. The zero-order valence-corrected chi connectivity index (χ0v) is 12.3. The minimum atomic E-state index is -3.20. The number of hydrogen-bond acceptors (Lipinski definition) is 3. The van der Waals surface area contributed by atoms with Crippen LogP contribution >= 0.6 is 0 Å². The number of nitrogens with two attached hydrogens (primary N) is 1. The molecule has 0 aliphatic rings. The second kappa shape index (κ2) is 8.89. The van der Waals surface area contributed by atoms with Crippen LogP contribution in [0.25, 0.3) is 0 Å². The molecule has 0 spiro atoms. The van der Waals surface area contributed by atoms with Gasteiger partial charge in [-0.15, -0.1) is 0 Å². The Hall–Kier alpha value is -0.130. The molecule has 0 aromatic rings. The monoisotopic (exact) mass is 264 g/mol. The summed E-state index contributed by atoms with van der Waals surface area (Å²) in [7, 11) is -3.20. The standard InChI is InChI=1S/C12H28N2O2S/c1-4-7-9-14(10-8-5-2)17(15,16)12(6-3)11-13/h12H,4-11,13H2,1-3H3. The van der Waals surface area contributed by atoms with Crippen molar-refractivity contribution in [1.82, 2.24) is 4.31 Å². The molecule has 0 saturated carbocycles. The molecule has 0 amide bonds. The molecular weight excluding hydrogens is 236 g/mol. The minimum absolute atomic E-state index is 0.216. The molecule has 2 N–H and O–H groups in total. The van der Waals surface area contributed by atoms with Crippen molar-refractivity contribution in [2.45, 2.75) is 58.1 Å². The highest BCUT2D eigenvalue weighted by atomic mass is 32.2. The van der Waals surface area contributed by atoms with Crippen LogP contribution in [0.5, 0.6) is 0 Å². The molecule has 0 aromatic carbocycles. The zero-order chi connectivity index (χ0) is 13.3. The van der Waals surface area contributed by atoms with Gasteiger partial charge in [-0.1, -0.05) is 33.6 Å². The van der Waals surface area contributed by atoms with Crippen molar-refractivity contribution in [3.8, 4) is 0 Å². The first-order valence-corrected chi connectivity index (χ1v) is 8.23. The molecule has 4 nitrogen and oxygen atoms in total. The summed E-state index contributed by atoms with van der Waals surface area (Å²) in [5.74, 6) is 0. The van der Waals surface area contributed by atoms with Gasteiger partial charge in [-0.25, -0.2) is 12.7 Å². The predicted octanol–water partition coefficient (Wildman–Crippen LogP) is 1.96. The minimum Gasteiger partial charge on any atom is -0.329 e. The van der Waals surface area contributed by atoms with Crippen LogP contribution in [-0.2, 0) is 10.0 Å². The molecular formula is C12H28N2O2S. The first-order chi connectivity index (χ1) is 8.04. The Kier molecular flexibility index (Phi) is 8.82. The summed E-state index contributed by atoms with van der Waals surface area (Å²) in [5, 5.41) is -0.420. The Morgan fingerprint density at radius 2 is 1.53 bits per heavy atom. The molecule has 1 atom stereocenters. The van der Waals surface area contributed by atoms with Crippen LogP contribution in [0.3, 0.4) is 0 Å². The van der Waals surface area contributed by atoms with E-state index >= 15 is 0 Å². The van der Waals surface area contributed by atoms with Gasteiger partial charge in [-0.2, -0.15) is 0 Å². The van der Waals surface area contributed by atoms with Crippen molar-refractivity contribution >= 4 is 10.0 Å². The van der Waals surface area contributed by atoms with Gasteiger partial charge in [0.25, 0.3) is 0 Å². The van der Waals surface area contributed by atoms with Gasteiger partial charge in [-0.05, 0) is 19.3 Å². The number of hydrogen-bond donors (Lipinski definition) is 1. The van der Waals surface area contributed by atoms with Crippen molar-refractivity contribution in [2.24, 2.45) is 5.73 Å². The quantitative estimate of drug-likeness (QED) is 0.656. The molecule has 5 heteroatoms. The van der Waals surface area contributed by atoms with E-state index in [4.69, 9.17) is 5.73 Å². The molecule has 0 aliphatic carbocycles. The summed E-state index contributed by atoms with van der Waals surface area (Å²) in [6, 6.07) is 0. The van der Waals surface area contributed by atoms with E-state index in [9.17, 15) is 8.42 Å². The molecule has 17 heavy (non-hydrogen) atoms. The predicted molar refractivity (Wildman–Crippen MR) is 73.4 cm³/mol. The van der Waals surface area contributed by atoms with Gasteiger partial charge in [0.05, 0.1) is 5.25 Å².